The third-order valence-corrected chi connectivity index (χ3v) is 8.37. The Bertz CT molecular complexity index is 1130. The van der Waals surface area contributed by atoms with Crippen LogP contribution in [0.4, 0.5) is 13.2 Å². The highest BCUT2D eigenvalue weighted by Crippen LogP contribution is 2.40. The molecule has 2 aliphatic rings. The number of fused-ring (bicyclic) bond motifs is 2. The van der Waals surface area contributed by atoms with Crippen molar-refractivity contribution in [1.82, 2.24) is 9.62 Å². The van der Waals surface area contributed by atoms with Gasteiger partial charge in [-0.1, -0.05) is 18.2 Å². The number of hydrogen-bond donors (Lipinski definition) is 2. The summed E-state index contributed by atoms with van der Waals surface area (Å²) in [6, 6.07) is 8.89. The normalized spacial score (nSPS) is 23.2. The molecular formula is C24H28F3N3O3S. The number of sulfonamides is 1. The maximum Gasteiger partial charge on any atom is 0.240 e. The lowest BCUT2D eigenvalue weighted by atomic mass is 9.82. The van der Waals surface area contributed by atoms with Gasteiger partial charge in [0.1, 0.15) is 5.82 Å². The highest BCUT2D eigenvalue weighted by atomic mass is 32.2. The molecule has 1 amide bonds. The number of nitrogens with two attached hydrogens (primary N) is 1. The summed E-state index contributed by atoms with van der Waals surface area (Å²) in [5, 5.41) is 0. The number of piperidine rings is 1. The van der Waals surface area contributed by atoms with Crippen molar-refractivity contribution < 1.29 is 26.4 Å². The summed E-state index contributed by atoms with van der Waals surface area (Å²) in [5.41, 5.74) is 6.38. The molecule has 10 heteroatoms. The molecule has 0 aliphatic carbocycles. The van der Waals surface area contributed by atoms with E-state index in [2.05, 4.69) is 4.72 Å². The van der Waals surface area contributed by atoms with E-state index in [0.717, 1.165) is 18.9 Å². The number of nitrogens with zero attached hydrogens (tertiary/aromatic N) is 1. The standard InChI is InChI=1S/C24H28F3N3O3S/c25-20-14-22(27)21(26)12-15(20)13-23(28)16-10-17-6-7-18(11-16)30(17)24(31)8-9-29-34(32,33)19-4-2-1-3-5-19/h1-5,12,14,16-18,23,29H,6-11,13,28H2. The summed E-state index contributed by atoms with van der Waals surface area (Å²) in [4.78, 5) is 14.9. The van der Waals surface area contributed by atoms with Gasteiger partial charge in [0, 0.05) is 37.2 Å². The van der Waals surface area contributed by atoms with Crippen LogP contribution in [0.2, 0.25) is 0 Å². The van der Waals surface area contributed by atoms with Crippen molar-refractivity contribution in [3.63, 3.8) is 0 Å². The van der Waals surface area contributed by atoms with Crippen molar-refractivity contribution in [2.24, 2.45) is 11.7 Å². The molecule has 3 atom stereocenters. The summed E-state index contributed by atoms with van der Waals surface area (Å²) in [6.45, 7) is 0.00432. The highest BCUT2D eigenvalue weighted by molar-refractivity contribution is 7.89. The predicted molar refractivity (Wildman–Crippen MR) is 121 cm³/mol. The Balaban J connectivity index is 1.32. The average Bonchev–Trinajstić information content (AvgIpc) is 3.07. The number of hydrogen-bond acceptors (Lipinski definition) is 4. The summed E-state index contributed by atoms with van der Waals surface area (Å²) in [7, 11) is -3.68. The Kier molecular flexibility index (Phi) is 7.30. The zero-order chi connectivity index (χ0) is 24.5. The molecule has 2 aliphatic heterocycles. The van der Waals surface area contributed by atoms with Crippen LogP contribution in [0.15, 0.2) is 47.4 Å². The van der Waals surface area contributed by atoms with Crippen LogP contribution in [0.3, 0.4) is 0 Å². The van der Waals surface area contributed by atoms with E-state index in [1.807, 2.05) is 4.90 Å². The number of halogens is 3. The van der Waals surface area contributed by atoms with Gasteiger partial charge < -0.3 is 10.6 Å². The molecule has 0 aromatic heterocycles. The SMILES string of the molecule is NC(Cc1cc(F)c(F)cc1F)C1CC2CCC(C1)N2C(=O)CCNS(=O)(=O)c1ccccc1. The van der Waals surface area contributed by atoms with Gasteiger partial charge in [0.05, 0.1) is 4.90 Å². The molecule has 2 bridgehead atoms. The van der Waals surface area contributed by atoms with E-state index in [1.165, 1.54) is 12.1 Å². The second-order valence-electron chi connectivity index (χ2n) is 9.10. The van der Waals surface area contributed by atoms with Gasteiger partial charge in [0.25, 0.3) is 0 Å². The zero-order valence-electron chi connectivity index (χ0n) is 18.6. The monoisotopic (exact) mass is 495 g/mol. The predicted octanol–water partition coefficient (Wildman–Crippen LogP) is 3.11. The van der Waals surface area contributed by atoms with Crippen molar-refractivity contribution in [1.29, 1.82) is 0 Å². The third kappa shape index (κ3) is 5.29. The average molecular weight is 496 g/mol. The number of rotatable bonds is 8. The van der Waals surface area contributed by atoms with Gasteiger partial charge in [-0.15, -0.1) is 0 Å². The lowest BCUT2D eigenvalue weighted by Gasteiger charge is -2.41. The fourth-order valence-electron chi connectivity index (χ4n) is 5.22. The Hall–Kier alpha value is -2.43. The number of carbonyl (C=O) groups excluding carboxylic acids is 1. The molecule has 184 valence electrons. The molecule has 0 saturated carbocycles. The van der Waals surface area contributed by atoms with Crippen LogP contribution in [0, 0.1) is 23.4 Å². The first-order valence-corrected chi connectivity index (χ1v) is 12.9. The molecule has 2 aromatic rings. The number of amides is 1. The van der Waals surface area contributed by atoms with Crippen molar-refractivity contribution in [2.75, 3.05) is 6.54 Å². The Morgan fingerprint density at radius 1 is 1.03 bits per heavy atom. The van der Waals surface area contributed by atoms with E-state index >= 15 is 0 Å². The quantitative estimate of drug-likeness (QED) is 0.551. The first-order chi connectivity index (χ1) is 16.2. The molecule has 2 fully saturated rings. The summed E-state index contributed by atoms with van der Waals surface area (Å²) in [5.74, 6) is -3.24. The van der Waals surface area contributed by atoms with Gasteiger partial charge in [-0.25, -0.2) is 26.3 Å². The maximum atomic E-state index is 14.0. The highest BCUT2D eigenvalue weighted by Gasteiger charge is 2.44. The first-order valence-electron chi connectivity index (χ1n) is 11.4. The molecule has 4 rings (SSSR count). The van der Waals surface area contributed by atoms with Crippen LogP contribution < -0.4 is 10.5 Å². The minimum absolute atomic E-state index is 0.00432. The fraction of sp³-hybridized carbons (Fsp3) is 0.458. The topological polar surface area (TPSA) is 92.5 Å². The van der Waals surface area contributed by atoms with E-state index in [9.17, 15) is 26.4 Å². The molecule has 2 saturated heterocycles. The lowest BCUT2D eigenvalue weighted by Crippen LogP contribution is -2.50. The molecule has 3 N–H and O–H groups in total. The van der Waals surface area contributed by atoms with Crippen molar-refractivity contribution in [3.8, 4) is 0 Å². The number of benzene rings is 2. The van der Waals surface area contributed by atoms with Gasteiger partial charge in [-0.3, -0.25) is 4.79 Å². The molecule has 6 nitrogen and oxygen atoms in total. The largest absolute Gasteiger partial charge is 0.337 e. The van der Waals surface area contributed by atoms with Gasteiger partial charge >= 0.3 is 0 Å². The van der Waals surface area contributed by atoms with Crippen molar-refractivity contribution in [2.45, 2.75) is 61.5 Å². The molecule has 0 radical (unpaired) electrons. The maximum absolute atomic E-state index is 14.0. The van der Waals surface area contributed by atoms with Crippen molar-refractivity contribution in [3.05, 3.63) is 65.5 Å². The van der Waals surface area contributed by atoms with Crippen LogP contribution in [-0.4, -0.2) is 43.9 Å². The van der Waals surface area contributed by atoms with E-state index in [-0.39, 0.29) is 53.8 Å². The van der Waals surface area contributed by atoms with E-state index < -0.39 is 33.5 Å². The first kappa shape index (κ1) is 24.7. The van der Waals surface area contributed by atoms with E-state index in [1.54, 1.807) is 18.2 Å². The minimum atomic E-state index is -3.68. The summed E-state index contributed by atoms with van der Waals surface area (Å²) >= 11 is 0. The van der Waals surface area contributed by atoms with E-state index in [4.69, 9.17) is 5.73 Å². The number of nitrogens with one attached hydrogen (secondary N) is 1. The molecule has 0 spiro atoms. The second-order valence-corrected chi connectivity index (χ2v) is 10.9. The summed E-state index contributed by atoms with van der Waals surface area (Å²) < 4.78 is 67.9. The third-order valence-electron chi connectivity index (χ3n) is 6.89. The van der Waals surface area contributed by atoms with Gasteiger partial charge in [0.2, 0.25) is 15.9 Å². The summed E-state index contributed by atoms with van der Waals surface area (Å²) in [6.07, 6.45) is 3.08. The van der Waals surface area contributed by atoms with Gasteiger partial charge in [0.15, 0.2) is 11.6 Å². The van der Waals surface area contributed by atoms with E-state index in [0.29, 0.717) is 18.9 Å². The zero-order valence-corrected chi connectivity index (χ0v) is 19.4. The molecule has 2 heterocycles. The van der Waals surface area contributed by atoms with Gasteiger partial charge in [-0.2, -0.15) is 0 Å². The molecular weight excluding hydrogens is 467 g/mol. The van der Waals surface area contributed by atoms with Crippen LogP contribution >= 0.6 is 0 Å². The molecule has 2 aromatic carbocycles. The second kappa shape index (κ2) is 10.1. The van der Waals surface area contributed by atoms with Crippen LogP contribution in [-0.2, 0) is 21.2 Å². The van der Waals surface area contributed by atoms with Crippen molar-refractivity contribution >= 4 is 15.9 Å². The van der Waals surface area contributed by atoms with Crippen LogP contribution in [0.25, 0.3) is 0 Å². The molecule has 3 unspecified atom stereocenters. The Labute approximate surface area is 197 Å². The van der Waals surface area contributed by atoms with Crippen LogP contribution in [0.1, 0.15) is 37.7 Å². The minimum Gasteiger partial charge on any atom is -0.337 e. The number of carbonyl (C=O) groups is 1. The lowest BCUT2D eigenvalue weighted by molar-refractivity contribution is -0.136. The fourth-order valence-corrected chi connectivity index (χ4v) is 6.27. The molecule has 34 heavy (non-hydrogen) atoms. The Morgan fingerprint density at radius 2 is 1.65 bits per heavy atom. The smallest absolute Gasteiger partial charge is 0.240 e. The van der Waals surface area contributed by atoms with Crippen LogP contribution in [0.5, 0.6) is 0 Å². The Morgan fingerprint density at radius 3 is 2.29 bits per heavy atom. The van der Waals surface area contributed by atoms with Gasteiger partial charge in [-0.05, 0) is 61.8 Å².